The average Bonchev–Trinajstić information content (AvgIpc) is 2.57. The zero-order valence-electron chi connectivity index (χ0n) is 15.0. The van der Waals surface area contributed by atoms with Crippen molar-refractivity contribution in [1.82, 2.24) is 0 Å². The Labute approximate surface area is 150 Å². The van der Waals surface area contributed by atoms with Crippen molar-refractivity contribution in [3.63, 3.8) is 0 Å². The first-order valence-electron chi connectivity index (χ1n) is 7.99. The molecule has 0 N–H and O–H groups in total. The monoisotopic (exact) mass is 358 g/mol. The molecule has 0 saturated heterocycles. The van der Waals surface area contributed by atoms with E-state index in [0.717, 1.165) is 16.7 Å². The number of carbonyl (C=O) groups is 2. The minimum absolute atomic E-state index is 0.204. The third-order valence-electron chi connectivity index (χ3n) is 3.84. The zero-order valence-corrected chi connectivity index (χ0v) is 16.0. The molecule has 0 amide bonds. The van der Waals surface area contributed by atoms with E-state index in [1.165, 1.54) is 0 Å². The quantitative estimate of drug-likeness (QED) is 0.339. The summed E-state index contributed by atoms with van der Waals surface area (Å²) >= 11 is 0. The first kappa shape index (κ1) is 20.7. The van der Waals surface area contributed by atoms with Crippen LogP contribution in [0.1, 0.15) is 45.5 Å². The first-order chi connectivity index (χ1) is 12.0. The molecule has 0 radical (unpaired) electrons. The largest absolute Gasteiger partial charge is 0.465 e. The van der Waals surface area contributed by atoms with E-state index in [2.05, 4.69) is 0 Å². The molecule has 0 aliphatic heterocycles. The molecule has 5 heteroatoms. The number of rotatable bonds is 5. The van der Waals surface area contributed by atoms with Crippen molar-refractivity contribution in [3.8, 4) is 0 Å². The number of Topliss-reactive ketones (excluding diaryl/α,β-unsaturated/α-hetero) is 1. The lowest BCUT2D eigenvalue weighted by atomic mass is 9.86. The minimum Gasteiger partial charge on any atom is -0.465 e. The third-order valence-corrected chi connectivity index (χ3v) is 3.84. The number of hydrogen-bond acceptors (Lipinski definition) is 4. The number of aryl methyl sites for hydroxylation is 3. The molecule has 2 aromatic carbocycles. The van der Waals surface area contributed by atoms with Gasteiger partial charge in [0.05, 0.1) is 6.61 Å². The number of carbonyl (C=O) groups excluding carboxylic acids is 2. The number of esters is 1. The van der Waals surface area contributed by atoms with Gasteiger partial charge in [-0.2, -0.15) is 0 Å². The molecule has 0 aromatic heterocycles. The summed E-state index contributed by atoms with van der Waals surface area (Å²) in [6, 6.07) is 13.0. The van der Waals surface area contributed by atoms with Crippen LogP contribution in [-0.4, -0.2) is 18.4 Å². The highest BCUT2D eigenvalue weighted by Crippen LogP contribution is 2.27. The van der Waals surface area contributed by atoms with E-state index in [1.807, 2.05) is 51.1 Å². The van der Waals surface area contributed by atoms with Gasteiger partial charge in [0.1, 0.15) is 15.0 Å². The molecule has 0 saturated carbocycles. The second-order valence-corrected chi connectivity index (χ2v) is 5.73. The highest BCUT2D eigenvalue weighted by molar-refractivity contribution is 7.00. The molecule has 0 heterocycles. The zero-order chi connectivity index (χ0) is 19.0. The summed E-state index contributed by atoms with van der Waals surface area (Å²) in [6.07, 6.45) is 0. The third kappa shape index (κ3) is 5.07. The summed E-state index contributed by atoms with van der Waals surface area (Å²) in [5.74, 6) is -1.62. The fourth-order valence-electron chi connectivity index (χ4n) is 2.98. The van der Waals surface area contributed by atoms with Crippen molar-refractivity contribution in [2.45, 2.75) is 33.6 Å². The van der Waals surface area contributed by atoms with Crippen LogP contribution in [0.3, 0.4) is 0 Å². The Kier molecular flexibility index (Phi) is 8.17. The lowest BCUT2D eigenvalue weighted by molar-refractivity contribution is -0.143. The maximum atomic E-state index is 13.1. The summed E-state index contributed by atoms with van der Waals surface area (Å²) in [4.78, 5) is 25.5. The maximum absolute atomic E-state index is 13.1. The molecule has 25 heavy (non-hydrogen) atoms. The van der Waals surface area contributed by atoms with Crippen molar-refractivity contribution < 1.29 is 18.9 Å². The molecule has 1 unspecified atom stereocenters. The van der Waals surface area contributed by atoms with Crippen molar-refractivity contribution in [2.24, 2.45) is 0 Å². The molecule has 0 aliphatic carbocycles. The van der Waals surface area contributed by atoms with Gasteiger partial charge in [-0.25, -0.2) is 0 Å². The molecular weight excluding hydrogens is 335 g/mol. The van der Waals surface area contributed by atoms with Gasteiger partial charge in [-0.3, -0.25) is 14.2 Å². The van der Waals surface area contributed by atoms with E-state index < -0.39 is 11.9 Å². The standard InChI is InChI=1S/C20H22O3.HOP/c1-5-23-20(22)18(16-9-7-6-8-10-16)19(21)17-14(3)11-13(2)12-15(17)4;1-2/h6-12,18H,5H2,1-4H3;2H. The van der Waals surface area contributed by atoms with E-state index >= 15 is 0 Å². The predicted molar refractivity (Wildman–Crippen MR) is 99.8 cm³/mol. The van der Waals surface area contributed by atoms with Crippen LogP contribution in [0.2, 0.25) is 0 Å². The average molecular weight is 358 g/mol. The molecule has 0 spiro atoms. The molecule has 4 nitrogen and oxygen atoms in total. The van der Waals surface area contributed by atoms with E-state index in [1.54, 1.807) is 28.2 Å². The van der Waals surface area contributed by atoms with Crippen LogP contribution in [0.5, 0.6) is 0 Å². The Hall–Kier alpha value is -2.32. The Morgan fingerprint density at radius 3 is 2.00 bits per heavy atom. The normalized spacial score (nSPS) is 11.0. The first-order valence-corrected chi connectivity index (χ1v) is 8.40. The Balaban J connectivity index is 0.00000151. The highest BCUT2D eigenvalue weighted by Gasteiger charge is 2.32. The molecule has 0 aliphatic rings. The minimum atomic E-state index is -0.920. The van der Waals surface area contributed by atoms with E-state index in [4.69, 9.17) is 9.30 Å². The van der Waals surface area contributed by atoms with Gasteiger partial charge in [0.2, 0.25) is 0 Å². The van der Waals surface area contributed by atoms with Gasteiger partial charge >= 0.3 is 5.97 Å². The number of benzene rings is 2. The van der Waals surface area contributed by atoms with Crippen molar-refractivity contribution >= 4 is 20.9 Å². The summed E-state index contributed by atoms with van der Waals surface area (Å²) in [5.41, 5.74) is 4.15. The summed E-state index contributed by atoms with van der Waals surface area (Å²) in [6.45, 7) is 7.79. The van der Waals surface area contributed by atoms with E-state index in [9.17, 15) is 9.59 Å². The Bertz CT molecular complexity index is 718. The lowest BCUT2D eigenvalue weighted by Gasteiger charge is -2.18. The van der Waals surface area contributed by atoms with Gasteiger partial charge in [0, 0.05) is 5.56 Å². The molecule has 0 bridgehead atoms. The van der Waals surface area contributed by atoms with Gasteiger partial charge in [-0.1, -0.05) is 48.0 Å². The summed E-state index contributed by atoms with van der Waals surface area (Å²) < 4.78 is 13.2. The maximum Gasteiger partial charge on any atom is 0.321 e. The molecule has 132 valence electrons. The van der Waals surface area contributed by atoms with Gasteiger partial charge in [-0.15, -0.1) is 0 Å². The van der Waals surface area contributed by atoms with Crippen molar-refractivity contribution in [2.75, 3.05) is 6.61 Å². The highest BCUT2D eigenvalue weighted by atomic mass is 31.0. The number of ketones is 1. The fourth-order valence-corrected chi connectivity index (χ4v) is 2.98. The SMILES string of the molecule is CCOC(=O)C(C(=O)c1c(C)cc(C)cc1C)c1ccccc1.O=P. The second kappa shape index (κ2) is 9.85. The lowest BCUT2D eigenvalue weighted by Crippen LogP contribution is -2.25. The smallest absolute Gasteiger partial charge is 0.321 e. The topological polar surface area (TPSA) is 60.4 Å². The van der Waals surface area contributed by atoms with Gasteiger partial charge < -0.3 is 4.74 Å². The molecule has 1 atom stereocenters. The fraction of sp³-hybridized carbons (Fsp3) is 0.300. The van der Waals surface area contributed by atoms with Crippen LogP contribution in [0.25, 0.3) is 0 Å². The summed E-state index contributed by atoms with van der Waals surface area (Å²) in [5, 5.41) is 0. The second-order valence-electron chi connectivity index (χ2n) is 5.73. The number of ether oxygens (including phenoxy) is 1. The van der Waals surface area contributed by atoms with E-state index in [0.29, 0.717) is 11.1 Å². The Morgan fingerprint density at radius 1 is 1.00 bits per heavy atom. The van der Waals surface area contributed by atoms with Crippen molar-refractivity contribution in [1.29, 1.82) is 0 Å². The molecular formula is C20H23O4P. The molecule has 0 fully saturated rings. The Morgan fingerprint density at radius 2 is 1.52 bits per heavy atom. The van der Waals surface area contributed by atoms with Crippen LogP contribution in [0.15, 0.2) is 42.5 Å². The molecule has 2 rings (SSSR count). The predicted octanol–water partition coefficient (Wildman–Crippen LogP) is 4.62. The van der Waals surface area contributed by atoms with Gasteiger partial charge in [0.15, 0.2) is 5.78 Å². The van der Waals surface area contributed by atoms with Crippen LogP contribution < -0.4 is 0 Å². The van der Waals surface area contributed by atoms with E-state index in [-0.39, 0.29) is 12.4 Å². The van der Waals surface area contributed by atoms with Gasteiger partial charge in [-0.05, 0) is 44.4 Å². The van der Waals surface area contributed by atoms with Crippen LogP contribution in [-0.2, 0) is 14.1 Å². The van der Waals surface area contributed by atoms with Crippen LogP contribution in [0, 0.1) is 20.8 Å². The summed E-state index contributed by atoms with van der Waals surface area (Å²) in [7, 11) is 1.72. The van der Waals surface area contributed by atoms with Crippen LogP contribution >= 0.6 is 9.12 Å². The number of hydrogen-bond donors (Lipinski definition) is 0. The van der Waals surface area contributed by atoms with Crippen LogP contribution in [0.4, 0.5) is 0 Å². The van der Waals surface area contributed by atoms with Gasteiger partial charge in [0.25, 0.3) is 0 Å². The van der Waals surface area contributed by atoms with Crippen molar-refractivity contribution in [3.05, 3.63) is 70.3 Å². The molecule has 2 aromatic rings.